The molecule has 4 N–H and O–H groups in total. The number of nitrogens with one attached hydrogen (secondary N) is 2. The number of hydrogen-bond acceptors (Lipinski definition) is 3. The van der Waals surface area contributed by atoms with E-state index >= 15 is 0 Å². The number of carbonyl (C=O) groups excluding carboxylic acids is 3. The van der Waals surface area contributed by atoms with E-state index in [0.717, 1.165) is 24.8 Å². The zero-order chi connectivity index (χ0) is 25.6. The maximum Gasteiger partial charge on any atom is 0.473 e. The third-order valence-corrected chi connectivity index (χ3v) is 5.67. The van der Waals surface area contributed by atoms with Crippen molar-refractivity contribution in [1.29, 1.82) is 0 Å². The molecule has 1 aliphatic heterocycles. The number of carbonyl (C=O) groups is 3. The summed E-state index contributed by atoms with van der Waals surface area (Å²) in [4.78, 5) is 40.9. The molecule has 0 radical (unpaired) electrons. The summed E-state index contributed by atoms with van der Waals surface area (Å²) in [7, 11) is 0. The van der Waals surface area contributed by atoms with Crippen LogP contribution in [-0.4, -0.2) is 53.9 Å². The molecule has 4 amide bonds. The van der Waals surface area contributed by atoms with Crippen LogP contribution in [0, 0.1) is 6.92 Å². The first kappa shape index (κ1) is 25.7. The molecule has 0 aliphatic carbocycles. The van der Waals surface area contributed by atoms with E-state index in [-0.39, 0.29) is 23.5 Å². The molecule has 1 atom stereocenters. The number of anilines is 1. The molecule has 186 valence electrons. The Hall–Kier alpha value is -3.89. The summed E-state index contributed by atoms with van der Waals surface area (Å²) in [6, 6.07) is 12.3. The monoisotopic (exact) mass is 489 g/mol. The molecule has 11 heteroatoms. The summed E-state index contributed by atoms with van der Waals surface area (Å²) in [5, 5.41) is 5.66. The lowest BCUT2D eigenvalue weighted by Gasteiger charge is -2.35. The number of amides is 4. The number of aryl methyl sites for hydroxylation is 1. The Morgan fingerprint density at radius 2 is 1.77 bits per heavy atom. The largest absolute Gasteiger partial charge is 0.473 e. The van der Waals surface area contributed by atoms with Crippen LogP contribution in [0.3, 0.4) is 0 Å². The van der Waals surface area contributed by atoms with Gasteiger partial charge in [0.25, 0.3) is 5.91 Å². The van der Waals surface area contributed by atoms with Gasteiger partial charge < -0.3 is 21.3 Å². The summed E-state index contributed by atoms with van der Waals surface area (Å²) in [5.74, 6) is -3.07. The third-order valence-electron chi connectivity index (χ3n) is 5.67. The van der Waals surface area contributed by atoms with Crippen molar-refractivity contribution in [3.05, 3.63) is 65.2 Å². The molecule has 0 saturated carbocycles. The Morgan fingerprint density at radius 1 is 1.09 bits per heavy atom. The highest BCUT2D eigenvalue weighted by molar-refractivity contribution is 6.05. The molecule has 2 aromatic carbocycles. The van der Waals surface area contributed by atoms with Crippen LogP contribution in [0.15, 0.2) is 53.5 Å². The topological polar surface area (TPSA) is 117 Å². The van der Waals surface area contributed by atoms with E-state index in [2.05, 4.69) is 15.6 Å². The first-order valence-corrected chi connectivity index (χ1v) is 11.0. The van der Waals surface area contributed by atoms with Crippen LogP contribution in [0.5, 0.6) is 0 Å². The van der Waals surface area contributed by atoms with Gasteiger partial charge in [0.05, 0.1) is 6.04 Å². The summed E-state index contributed by atoms with van der Waals surface area (Å²) in [6.07, 6.45) is -2.61. The minimum atomic E-state index is -5.11. The van der Waals surface area contributed by atoms with Crippen LogP contribution in [0.2, 0.25) is 0 Å². The van der Waals surface area contributed by atoms with Gasteiger partial charge in [-0.2, -0.15) is 18.2 Å². The second-order valence-electron chi connectivity index (χ2n) is 8.18. The molecular weight excluding hydrogens is 463 g/mol. The maximum atomic E-state index is 12.9. The highest BCUT2D eigenvalue weighted by atomic mass is 19.4. The van der Waals surface area contributed by atoms with Crippen molar-refractivity contribution in [3.63, 3.8) is 0 Å². The number of nitrogens with two attached hydrogens (primary N) is 1. The van der Waals surface area contributed by atoms with Crippen molar-refractivity contribution in [1.82, 2.24) is 10.2 Å². The first-order chi connectivity index (χ1) is 16.6. The molecule has 8 nitrogen and oxygen atoms in total. The molecule has 3 rings (SSSR count). The van der Waals surface area contributed by atoms with Crippen molar-refractivity contribution < 1.29 is 27.6 Å². The molecule has 0 aromatic heterocycles. The lowest BCUT2D eigenvalue weighted by Crippen LogP contribution is -2.50. The zero-order valence-electron chi connectivity index (χ0n) is 19.1. The van der Waals surface area contributed by atoms with Gasteiger partial charge in [0.15, 0.2) is 0 Å². The Labute approximate surface area is 200 Å². The molecule has 1 fully saturated rings. The fraction of sp³-hybridized carbons (Fsp3) is 0.333. The first-order valence-electron chi connectivity index (χ1n) is 11.0. The molecule has 1 saturated heterocycles. The standard InChI is InChI=1S/C24H26F3N5O3/c1-15-6-2-3-8-19(15)21(33)29-14-18-7-4-5-13-32(18)23(35)30-17-11-9-16(10-12-17)20(28)31-22(34)24(25,26)27/h2-3,6,8-12,18H,4-5,7,13-14H2,1H3,(H,29,33)(H,30,35)(H2,28,31,34). The molecule has 2 aromatic rings. The van der Waals surface area contributed by atoms with Gasteiger partial charge in [0.1, 0.15) is 5.84 Å². The Bertz CT molecular complexity index is 1120. The van der Waals surface area contributed by atoms with Crippen molar-refractivity contribution in [2.24, 2.45) is 10.7 Å². The summed E-state index contributed by atoms with van der Waals surface area (Å²) in [5.41, 5.74) is 7.43. The van der Waals surface area contributed by atoms with E-state index in [4.69, 9.17) is 5.73 Å². The minimum Gasteiger partial charge on any atom is -0.383 e. The number of hydrogen-bond donors (Lipinski definition) is 3. The van der Waals surface area contributed by atoms with Crippen molar-refractivity contribution in [2.75, 3.05) is 18.4 Å². The molecule has 1 heterocycles. The number of aliphatic imine (C=N–C) groups is 1. The number of benzene rings is 2. The van der Waals surface area contributed by atoms with Gasteiger partial charge in [-0.05, 0) is 62.1 Å². The minimum absolute atomic E-state index is 0.107. The van der Waals surface area contributed by atoms with Crippen LogP contribution in [-0.2, 0) is 4.79 Å². The number of alkyl halides is 3. The predicted octanol–water partition coefficient (Wildman–Crippen LogP) is 3.61. The van der Waals surface area contributed by atoms with E-state index in [9.17, 15) is 27.6 Å². The average Bonchev–Trinajstić information content (AvgIpc) is 2.82. The van der Waals surface area contributed by atoms with Gasteiger partial charge in [-0.15, -0.1) is 0 Å². The van der Waals surface area contributed by atoms with Gasteiger partial charge in [-0.25, -0.2) is 4.79 Å². The van der Waals surface area contributed by atoms with E-state index in [1.807, 2.05) is 19.1 Å². The van der Waals surface area contributed by atoms with Gasteiger partial charge in [0, 0.05) is 29.9 Å². The van der Waals surface area contributed by atoms with Crippen LogP contribution < -0.4 is 16.4 Å². The van der Waals surface area contributed by atoms with Crippen LogP contribution >= 0.6 is 0 Å². The lowest BCUT2D eigenvalue weighted by atomic mass is 10.0. The second-order valence-corrected chi connectivity index (χ2v) is 8.18. The summed E-state index contributed by atoms with van der Waals surface area (Å²) in [6.45, 7) is 2.68. The van der Waals surface area contributed by atoms with Gasteiger partial charge >= 0.3 is 18.1 Å². The number of piperidine rings is 1. The number of nitrogens with zero attached hydrogens (tertiary/aromatic N) is 2. The Morgan fingerprint density at radius 3 is 2.43 bits per heavy atom. The average molecular weight is 489 g/mol. The van der Waals surface area contributed by atoms with Crippen molar-refractivity contribution >= 4 is 29.4 Å². The highest BCUT2D eigenvalue weighted by Crippen LogP contribution is 2.20. The van der Waals surface area contributed by atoms with E-state index in [1.54, 1.807) is 17.0 Å². The van der Waals surface area contributed by atoms with Gasteiger partial charge in [-0.3, -0.25) is 9.59 Å². The summed E-state index contributed by atoms with van der Waals surface area (Å²) < 4.78 is 37.1. The lowest BCUT2D eigenvalue weighted by molar-refractivity contribution is -0.169. The normalized spacial score (nSPS) is 16.5. The Kier molecular flexibility index (Phi) is 8.10. The molecular formula is C24H26F3N5O3. The highest BCUT2D eigenvalue weighted by Gasteiger charge is 2.38. The second kappa shape index (κ2) is 11.0. The number of urea groups is 1. The van der Waals surface area contributed by atoms with E-state index in [0.29, 0.717) is 24.3 Å². The van der Waals surface area contributed by atoms with Crippen molar-refractivity contribution in [3.8, 4) is 0 Å². The van der Waals surface area contributed by atoms with Crippen LogP contribution in [0.4, 0.5) is 23.7 Å². The molecule has 1 aliphatic rings. The van der Waals surface area contributed by atoms with Gasteiger partial charge in [0.2, 0.25) is 0 Å². The zero-order valence-corrected chi connectivity index (χ0v) is 19.1. The maximum absolute atomic E-state index is 12.9. The number of likely N-dealkylation sites (tertiary alicyclic amines) is 1. The number of rotatable bonds is 5. The molecule has 1 unspecified atom stereocenters. The number of halogens is 3. The third kappa shape index (κ3) is 6.81. The fourth-order valence-electron chi connectivity index (χ4n) is 3.77. The SMILES string of the molecule is Cc1ccccc1C(=O)NCC1CCCCN1C(=O)Nc1ccc(C(N)=NC(=O)C(F)(F)F)cc1. The smallest absolute Gasteiger partial charge is 0.383 e. The quantitative estimate of drug-likeness (QED) is 0.439. The van der Waals surface area contributed by atoms with Crippen molar-refractivity contribution in [2.45, 2.75) is 38.4 Å². The molecule has 0 spiro atoms. The summed E-state index contributed by atoms with van der Waals surface area (Å²) >= 11 is 0. The van der Waals surface area contributed by atoms with Gasteiger partial charge in [-0.1, -0.05) is 18.2 Å². The molecule has 0 bridgehead atoms. The molecule has 35 heavy (non-hydrogen) atoms. The van der Waals surface area contributed by atoms with E-state index < -0.39 is 17.9 Å². The van der Waals surface area contributed by atoms with E-state index in [1.165, 1.54) is 24.3 Å². The Balaban J connectivity index is 1.61. The number of amidine groups is 1. The van der Waals surface area contributed by atoms with Crippen LogP contribution in [0.1, 0.15) is 40.7 Å². The van der Waals surface area contributed by atoms with Crippen LogP contribution in [0.25, 0.3) is 0 Å². The fourth-order valence-corrected chi connectivity index (χ4v) is 3.77. The predicted molar refractivity (Wildman–Crippen MR) is 125 cm³/mol.